The molecular weight excluding hydrogens is 172 g/mol. The number of fused-ring (bicyclic) bond motifs is 1. The van der Waals surface area contributed by atoms with Gasteiger partial charge in [-0.3, -0.25) is 0 Å². The smallest absolute Gasteiger partial charge is 0.119 e. The molecule has 2 rings (SSSR count). The Kier molecular flexibility index (Phi) is 2.76. The lowest BCUT2D eigenvalue weighted by atomic mass is 9.97. The van der Waals surface area contributed by atoms with Crippen LogP contribution >= 0.6 is 0 Å². The van der Waals surface area contributed by atoms with E-state index in [1.54, 1.807) is 12.7 Å². The minimum Gasteiger partial charge on any atom is -0.497 e. The van der Waals surface area contributed by atoms with E-state index >= 15 is 0 Å². The van der Waals surface area contributed by atoms with E-state index in [1.165, 1.54) is 31.2 Å². The van der Waals surface area contributed by atoms with Crippen LogP contribution < -0.4 is 4.74 Å². The van der Waals surface area contributed by atoms with E-state index in [4.69, 9.17) is 4.74 Å². The first-order chi connectivity index (χ1) is 6.85. The first-order valence-corrected chi connectivity index (χ1v) is 5.52. The van der Waals surface area contributed by atoms with Gasteiger partial charge in [0.25, 0.3) is 0 Å². The summed E-state index contributed by atoms with van der Waals surface area (Å²) in [5.41, 5.74) is 3.07. The molecule has 14 heavy (non-hydrogen) atoms. The van der Waals surface area contributed by atoms with Crippen LogP contribution in [-0.2, 0) is 6.42 Å². The third-order valence-electron chi connectivity index (χ3n) is 3.19. The molecule has 1 aromatic rings. The van der Waals surface area contributed by atoms with Gasteiger partial charge in [0.05, 0.1) is 7.11 Å². The van der Waals surface area contributed by atoms with Gasteiger partial charge < -0.3 is 4.74 Å². The maximum atomic E-state index is 5.23. The summed E-state index contributed by atoms with van der Waals surface area (Å²) in [6.45, 7) is 2.27. The van der Waals surface area contributed by atoms with Gasteiger partial charge in [-0.2, -0.15) is 0 Å². The van der Waals surface area contributed by atoms with Crippen molar-refractivity contribution < 1.29 is 4.74 Å². The summed E-state index contributed by atoms with van der Waals surface area (Å²) in [5, 5.41) is 0. The molecule has 0 aliphatic heterocycles. The molecule has 1 unspecified atom stereocenters. The van der Waals surface area contributed by atoms with E-state index in [0.29, 0.717) is 0 Å². The van der Waals surface area contributed by atoms with Crippen molar-refractivity contribution in [1.29, 1.82) is 0 Å². The summed E-state index contributed by atoms with van der Waals surface area (Å²) in [7, 11) is 1.74. The monoisotopic (exact) mass is 190 g/mol. The molecular formula is C13H18O. The Morgan fingerprint density at radius 3 is 3.00 bits per heavy atom. The standard InChI is InChI=1S/C13H18O/c1-3-4-10-5-6-11-9-12(14-2)7-8-13(10)11/h7-10H,3-6H2,1-2H3. The summed E-state index contributed by atoms with van der Waals surface area (Å²) in [6, 6.07) is 6.54. The van der Waals surface area contributed by atoms with Crippen molar-refractivity contribution in [1.82, 2.24) is 0 Å². The predicted octanol–water partition coefficient (Wildman–Crippen LogP) is 3.53. The van der Waals surface area contributed by atoms with Crippen molar-refractivity contribution >= 4 is 0 Å². The van der Waals surface area contributed by atoms with Gasteiger partial charge in [0.1, 0.15) is 5.75 Å². The first-order valence-electron chi connectivity index (χ1n) is 5.52. The van der Waals surface area contributed by atoms with Gasteiger partial charge >= 0.3 is 0 Å². The molecule has 1 aromatic carbocycles. The molecule has 0 N–H and O–H groups in total. The Morgan fingerprint density at radius 1 is 1.43 bits per heavy atom. The Balaban J connectivity index is 2.24. The van der Waals surface area contributed by atoms with Crippen LogP contribution in [0.5, 0.6) is 5.75 Å². The highest BCUT2D eigenvalue weighted by Gasteiger charge is 2.21. The molecule has 0 saturated carbocycles. The molecule has 0 spiro atoms. The van der Waals surface area contributed by atoms with Gasteiger partial charge in [0.2, 0.25) is 0 Å². The summed E-state index contributed by atoms with van der Waals surface area (Å²) < 4.78 is 5.23. The van der Waals surface area contributed by atoms with Crippen molar-refractivity contribution in [2.45, 2.75) is 38.5 Å². The molecule has 1 aliphatic carbocycles. The fourth-order valence-electron chi connectivity index (χ4n) is 2.46. The first kappa shape index (κ1) is 9.57. The van der Waals surface area contributed by atoms with Gasteiger partial charge in [-0.1, -0.05) is 19.4 Å². The Morgan fingerprint density at radius 2 is 2.29 bits per heavy atom. The minimum absolute atomic E-state index is 0.806. The highest BCUT2D eigenvalue weighted by Crippen LogP contribution is 2.37. The third kappa shape index (κ3) is 1.63. The molecule has 0 aromatic heterocycles. The van der Waals surface area contributed by atoms with Crippen LogP contribution in [0.1, 0.15) is 43.2 Å². The van der Waals surface area contributed by atoms with E-state index in [-0.39, 0.29) is 0 Å². The maximum absolute atomic E-state index is 5.23. The summed E-state index contributed by atoms with van der Waals surface area (Å²) in [5.74, 6) is 1.81. The largest absolute Gasteiger partial charge is 0.497 e. The number of ether oxygens (including phenoxy) is 1. The summed E-state index contributed by atoms with van der Waals surface area (Å²) >= 11 is 0. The van der Waals surface area contributed by atoms with Crippen molar-refractivity contribution in [3.05, 3.63) is 29.3 Å². The lowest BCUT2D eigenvalue weighted by Crippen LogP contribution is -1.92. The summed E-state index contributed by atoms with van der Waals surface area (Å²) in [4.78, 5) is 0. The zero-order valence-corrected chi connectivity index (χ0v) is 9.05. The molecule has 1 nitrogen and oxygen atoms in total. The zero-order chi connectivity index (χ0) is 9.97. The Hall–Kier alpha value is -0.980. The highest BCUT2D eigenvalue weighted by molar-refractivity contribution is 5.40. The molecule has 0 saturated heterocycles. The topological polar surface area (TPSA) is 9.23 Å². The molecule has 0 bridgehead atoms. The van der Waals surface area contributed by atoms with E-state index in [9.17, 15) is 0 Å². The Bertz CT molecular complexity index is 317. The fraction of sp³-hybridized carbons (Fsp3) is 0.538. The number of benzene rings is 1. The highest BCUT2D eigenvalue weighted by atomic mass is 16.5. The average molecular weight is 190 g/mol. The molecule has 0 amide bonds. The van der Waals surface area contributed by atoms with Gasteiger partial charge in [-0.25, -0.2) is 0 Å². The zero-order valence-electron chi connectivity index (χ0n) is 9.05. The second kappa shape index (κ2) is 4.04. The lowest BCUT2D eigenvalue weighted by molar-refractivity contribution is 0.414. The number of hydrogen-bond acceptors (Lipinski definition) is 1. The number of aryl methyl sites for hydroxylation is 1. The van der Waals surface area contributed by atoms with Crippen LogP contribution in [0.2, 0.25) is 0 Å². The minimum atomic E-state index is 0.806. The van der Waals surface area contributed by atoms with E-state index in [1.807, 2.05) is 0 Å². The molecule has 1 heteroatoms. The second-order valence-corrected chi connectivity index (χ2v) is 4.09. The van der Waals surface area contributed by atoms with Crippen molar-refractivity contribution in [3.8, 4) is 5.75 Å². The fourth-order valence-corrected chi connectivity index (χ4v) is 2.46. The van der Waals surface area contributed by atoms with Crippen LogP contribution in [0.25, 0.3) is 0 Å². The van der Waals surface area contributed by atoms with Crippen molar-refractivity contribution in [3.63, 3.8) is 0 Å². The van der Waals surface area contributed by atoms with E-state index in [2.05, 4.69) is 25.1 Å². The Labute approximate surface area is 86.1 Å². The second-order valence-electron chi connectivity index (χ2n) is 4.09. The van der Waals surface area contributed by atoms with Crippen LogP contribution in [-0.4, -0.2) is 7.11 Å². The molecule has 0 radical (unpaired) electrons. The molecule has 76 valence electrons. The number of hydrogen-bond donors (Lipinski definition) is 0. The average Bonchev–Trinajstić information content (AvgIpc) is 2.61. The molecule has 1 atom stereocenters. The van der Waals surface area contributed by atoms with E-state index in [0.717, 1.165) is 11.7 Å². The van der Waals surface area contributed by atoms with Crippen molar-refractivity contribution in [2.75, 3.05) is 7.11 Å². The van der Waals surface area contributed by atoms with Gasteiger partial charge in [0, 0.05) is 0 Å². The van der Waals surface area contributed by atoms with Crippen LogP contribution in [0.15, 0.2) is 18.2 Å². The van der Waals surface area contributed by atoms with Crippen LogP contribution in [0.3, 0.4) is 0 Å². The summed E-state index contributed by atoms with van der Waals surface area (Å²) in [6.07, 6.45) is 5.18. The molecule has 0 fully saturated rings. The van der Waals surface area contributed by atoms with Crippen LogP contribution in [0.4, 0.5) is 0 Å². The molecule has 0 heterocycles. The molecule has 1 aliphatic rings. The van der Waals surface area contributed by atoms with Crippen LogP contribution in [0, 0.1) is 0 Å². The lowest BCUT2D eigenvalue weighted by Gasteiger charge is -2.10. The maximum Gasteiger partial charge on any atom is 0.119 e. The van der Waals surface area contributed by atoms with Gasteiger partial charge in [0.15, 0.2) is 0 Å². The quantitative estimate of drug-likeness (QED) is 0.708. The SMILES string of the molecule is CCCC1CCc2cc(OC)ccc21. The predicted molar refractivity (Wildman–Crippen MR) is 59.0 cm³/mol. The normalized spacial score (nSPS) is 19.4. The third-order valence-corrected chi connectivity index (χ3v) is 3.19. The number of methoxy groups -OCH3 is 1. The van der Waals surface area contributed by atoms with Gasteiger partial charge in [-0.15, -0.1) is 0 Å². The van der Waals surface area contributed by atoms with Crippen molar-refractivity contribution in [2.24, 2.45) is 0 Å². The van der Waals surface area contributed by atoms with E-state index < -0.39 is 0 Å². The number of rotatable bonds is 3. The van der Waals surface area contributed by atoms with Gasteiger partial charge in [-0.05, 0) is 48.4 Å².